The van der Waals surface area contributed by atoms with Crippen molar-refractivity contribution in [3.05, 3.63) is 59.7 Å². The van der Waals surface area contributed by atoms with Crippen molar-refractivity contribution in [3.8, 4) is 0 Å². The number of esters is 4. The number of ether oxygens (including phenoxy) is 4. The van der Waals surface area contributed by atoms with Crippen molar-refractivity contribution in [3.63, 3.8) is 0 Å². The Hall–Kier alpha value is -4.08. The quantitative estimate of drug-likeness (QED) is 0.246. The van der Waals surface area contributed by atoms with Gasteiger partial charge in [-0.25, -0.2) is 0 Å². The molecule has 44 heavy (non-hydrogen) atoms. The maximum Gasteiger partial charge on any atom is 0.323 e. The summed E-state index contributed by atoms with van der Waals surface area (Å²) in [5.41, 5.74) is -0.475. The molecule has 0 amide bonds. The zero-order valence-electron chi connectivity index (χ0n) is 26.0. The summed E-state index contributed by atoms with van der Waals surface area (Å²) < 4.78 is 21.2. The Morgan fingerprint density at radius 1 is 0.523 bits per heavy atom. The lowest BCUT2D eigenvalue weighted by molar-refractivity contribution is -0.189. The first kappa shape index (κ1) is 31.3. The van der Waals surface area contributed by atoms with Crippen molar-refractivity contribution in [2.75, 3.05) is 64.4 Å². The van der Waals surface area contributed by atoms with Crippen LogP contribution in [-0.2, 0) is 38.1 Å². The lowest BCUT2D eigenvalue weighted by atomic mass is 9.50. The van der Waals surface area contributed by atoms with Crippen molar-refractivity contribution < 1.29 is 38.1 Å². The summed E-state index contributed by atoms with van der Waals surface area (Å²) >= 11 is 0. The van der Waals surface area contributed by atoms with Gasteiger partial charge in [0.2, 0.25) is 0 Å². The zero-order valence-corrected chi connectivity index (χ0v) is 26.0. The van der Waals surface area contributed by atoms with Crippen LogP contribution in [0.2, 0.25) is 0 Å². The number of benzene rings is 2. The highest BCUT2D eigenvalue weighted by atomic mass is 16.6. The van der Waals surface area contributed by atoms with Gasteiger partial charge in [0.1, 0.15) is 0 Å². The van der Waals surface area contributed by atoms with Crippen molar-refractivity contribution in [1.82, 2.24) is 0 Å². The molecule has 10 nitrogen and oxygen atoms in total. The first-order chi connectivity index (χ1) is 21.3. The number of hydrogen-bond donors (Lipinski definition) is 0. The maximum atomic E-state index is 13.9. The Morgan fingerprint density at radius 3 is 1.05 bits per heavy atom. The number of hydrogen-bond acceptors (Lipinski definition) is 10. The van der Waals surface area contributed by atoms with Gasteiger partial charge in [0.05, 0.1) is 28.4 Å². The van der Waals surface area contributed by atoms with Crippen molar-refractivity contribution in [1.29, 1.82) is 0 Å². The summed E-state index contributed by atoms with van der Waals surface area (Å²) in [4.78, 5) is 60.0. The predicted molar refractivity (Wildman–Crippen MR) is 163 cm³/mol. The van der Waals surface area contributed by atoms with Crippen LogP contribution in [0.5, 0.6) is 0 Å². The zero-order chi connectivity index (χ0) is 31.5. The minimum absolute atomic E-state index is 0.238. The lowest BCUT2D eigenvalue weighted by Gasteiger charge is -2.50. The fraction of sp³-hybridized carbons (Fsp3) is 0.529. The molecule has 0 radical (unpaired) electrons. The molecule has 1 saturated carbocycles. The van der Waals surface area contributed by atoms with Crippen LogP contribution in [0.3, 0.4) is 0 Å². The van der Waals surface area contributed by atoms with Crippen LogP contribution >= 0.6 is 0 Å². The van der Waals surface area contributed by atoms with E-state index in [0.29, 0.717) is 11.1 Å². The second-order valence-corrected chi connectivity index (χ2v) is 12.0. The van der Waals surface area contributed by atoms with Crippen LogP contribution in [-0.4, -0.2) is 78.5 Å². The molecule has 0 unspecified atom stereocenters. The van der Waals surface area contributed by atoms with Crippen molar-refractivity contribution in [2.45, 2.75) is 50.4 Å². The molecule has 3 aliphatic rings. The minimum Gasteiger partial charge on any atom is -0.468 e. The monoisotopic (exact) mass is 606 g/mol. The Labute approximate surface area is 258 Å². The van der Waals surface area contributed by atoms with Gasteiger partial charge in [0.15, 0.2) is 10.8 Å². The molecule has 2 aliphatic heterocycles. The van der Waals surface area contributed by atoms with E-state index in [1.807, 2.05) is 48.5 Å². The van der Waals surface area contributed by atoms with E-state index >= 15 is 0 Å². The SMILES string of the molecule is COC(=O)C1(C(=O)OC)C[C@H](c2ccc(N3CCCC3)cc2)C(C(=O)OC)(C(=O)OC)C[C@@H]1c1ccc(N2CCCC2)cc1. The number of carbonyl (C=O) groups excluding carboxylic acids is 4. The molecule has 2 atom stereocenters. The molecular weight excluding hydrogens is 564 g/mol. The summed E-state index contributed by atoms with van der Waals surface area (Å²) in [6.45, 7) is 3.79. The third-order valence-corrected chi connectivity index (χ3v) is 9.97. The molecule has 0 aromatic heterocycles. The second kappa shape index (κ2) is 12.9. The van der Waals surface area contributed by atoms with Gasteiger partial charge in [-0.2, -0.15) is 0 Å². The normalized spacial score (nSPS) is 22.3. The highest BCUT2D eigenvalue weighted by Crippen LogP contribution is 2.61. The molecule has 0 spiro atoms. The van der Waals surface area contributed by atoms with E-state index in [1.165, 1.54) is 28.4 Å². The van der Waals surface area contributed by atoms with E-state index < -0.39 is 46.5 Å². The van der Waals surface area contributed by atoms with Crippen LogP contribution in [0, 0.1) is 10.8 Å². The largest absolute Gasteiger partial charge is 0.468 e. The van der Waals surface area contributed by atoms with Gasteiger partial charge in [-0.3, -0.25) is 19.2 Å². The molecule has 1 aliphatic carbocycles. The smallest absolute Gasteiger partial charge is 0.323 e. The van der Waals surface area contributed by atoms with Gasteiger partial charge in [0, 0.05) is 49.4 Å². The number of anilines is 2. The van der Waals surface area contributed by atoms with E-state index in [-0.39, 0.29) is 12.8 Å². The van der Waals surface area contributed by atoms with Gasteiger partial charge < -0.3 is 28.7 Å². The molecule has 236 valence electrons. The molecule has 0 N–H and O–H groups in total. The summed E-state index contributed by atoms with van der Waals surface area (Å²) in [6, 6.07) is 15.2. The first-order valence-corrected chi connectivity index (χ1v) is 15.3. The first-order valence-electron chi connectivity index (χ1n) is 15.3. The third-order valence-electron chi connectivity index (χ3n) is 9.97. The van der Waals surface area contributed by atoms with Crippen LogP contribution < -0.4 is 9.80 Å². The topological polar surface area (TPSA) is 112 Å². The molecule has 3 fully saturated rings. The van der Waals surface area contributed by atoms with Gasteiger partial charge in [-0.15, -0.1) is 0 Å². The number of methoxy groups -OCH3 is 4. The number of rotatable bonds is 8. The number of nitrogens with zero attached hydrogens (tertiary/aromatic N) is 2. The summed E-state index contributed by atoms with van der Waals surface area (Å²) in [5.74, 6) is -5.10. The Bertz CT molecular complexity index is 1220. The van der Waals surface area contributed by atoms with E-state index in [9.17, 15) is 19.2 Å². The fourth-order valence-corrected chi connectivity index (χ4v) is 7.66. The minimum atomic E-state index is -1.86. The molecule has 2 heterocycles. The predicted octanol–water partition coefficient (Wildman–Crippen LogP) is 4.21. The van der Waals surface area contributed by atoms with Crippen molar-refractivity contribution >= 4 is 35.3 Å². The van der Waals surface area contributed by atoms with E-state index in [1.54, 1.807) is 0 Å². The van der Waals surface area contributed by atoms with Crippen LogP contribution in [0.1, 0.15) is 61.5 Å². The Kier molecular flexibility index (Phi) is 9.18. The molecule has 0 bridgehead atoms. The van der Waals surface area contributed by atoms with E-state index in [0.717, 1.165) is 63.2 Å². The van der Waals surface area contributed by atoms with Crippen LogP contribution in [0.25, 0.3) is 0 Å². The maximum absolute atomic E-state index is 13.9. The van der Waals surface area contributed by atoms with Gasteiger partial charge in [-0.1, -0.05) is 24.3 Å². The highest BCUT2D eigenvalue weighted by Gasteiger charge is 2.69. The van der Waals surface area contributed by atoms with Crippen LogP contribution in [0.4, 0.5) is 11.4 Å². The molecule has 2 saturated heterocycles. The van der Waals surface area contributed by atoms with Gasteiger partial charge in [0.25, 0.3) is 0 Å². The lowest BCUT2D eigenvalue weighted by Crippen LogP contribution is -2.59. The molecule has 2 aromatic carbocycles. The Morgan fingerprint density at radius 2 is 0.795 bits per heavy atom. The summed E-state index contributed by atoms with van der Waals surface area (Å²) in [6.07, 6.45) is 3.97. The van der Waals surface area contributed by atoms with Gasteiger partial charge >= 0.3 is 23.9 Å². The van der Waals surface area contributed by atoms with Crippen molar-refractivity contribution in [2.24, 2.45) is 10.8 Å². The van der Waals surface area contributed by atoms with E-state index in [4.69, 9.17) is 18.9 Å². The van der Waals surface area contributed by atoms with E-state index in [2.05, 4.69) is 9.80 Å². The van der Waals surface area contributed by atoms with Gasteiger partial charge in [-0.05, 0) is 73.9 Å². The summed E-state index contributed by atoms with van der Waals surface area (Å²) in [5, 5.41) is 0. The highest BCUT2D eigenvalue weighted by molar-refractivity contribution is 6.05. The third kappa shape index (κ3) is 5.18. The standard InChI is InChI=1S/C34H42N2O8/c1-41-29(37)33(30(38)42-2)21-28(24-11-15-26(16-12-24)36-19-7-8-20-36)34(31(39)43-3,32(40)44-4)22-27(33)23-9-13-25(14-10-23)35-17-5-6-18-35/h9-16,27-28H,5-8,17-22H2,1-4H3/t27-,28-/m1/s1. The Balaban J connectivity index is 1.68. The average Bonchev–Trinajstić information content (AvgIpc) is 3.82. The second-order valence-electron chi connectivity index (χ2n) is 12.0. The molecule has 10 heteroatoms. The molecular formula is C34H42N2O8. The average molecular weight is 607 g/mol. The van der Waals surface area contributed by atoms with Crippen LogP contribution in [0.15, 0.2) is 48.5 Å². The number of carbonyl (C=O) groups is 4. The molecule has 2 aromatic rings. The summed E-state index contributed by atoms with van der Waals surface area (Å²) in [7, 11) is 4.90. The fourth-order valence-electron chi connectivity index (χ4n) is 7.66. The molecule has 5 rings (SSSR count).